The Kier molecular flexibility index (Phi) is 3.35. The molecular weight excluding hydrogens is 241 g/mol. The third-order valence-corrected chi connectivity index (χ3v) is 1.88. The largest absolute Gasteiger partial charge is 0.478 e. The molecule has 1 N–H and O–H groups in total. The number of carboxylic acids is 1. The minimum absolute atomic E-state index is 0.156. The normalized spacial score (nSPS) is 11.1. The number of alkyl halides is 3. The van der Waals surface area contributed by atoms with Crippen molar-refractivity contribution in [2.75, 3.05) is 11.9 Å². The molecule has 0 saturated carbocycles. The summed E-state index contributed by atoms with van der Waals surface area (Å²) in [7, 11) is 0.810. The van der Waals surface area contributed by atoms with Crippen LogP contribution in [0.1, 0.15) is 10.4 Å². The van der Waals surface area contributed by atoms with E-state index in [0.29, 0.717) is 0 Å². The molecular formula is C9H7F3N2O3. The van der Waals surface area contributed by atoms with Crippen LogP contribution in [0.2, 0.25) is 0 Å². The van der Waals surface area contributed by atoms with Gasteiger partial charge < -0.3 is 5.11 Å². The van der Waals surface area contributed by atoms with E-state index in [0.717, 1.165) is 19.3 Å². The first kappa shape index (κ1) is 12.9. The van der Waals surface area contributed by atoms with Crippen molar-refractivity contribution < 1.29 is 27.9 Å². The van der Waals surface area contributed by atoms with Gasteiger partial charge in [0, 0.05) is 13.2 Å². The summed E-state index contributed by atoms with van der Waals surface area (Å²) in [6, 6.07) is 2.31. The van der Waals surface area contributed by atoms with Crippen molar-refractivity contribution in [3.05, 3.63) is 23.9 Å². The fraction of sp³-hybridized carbons (Fsp3) is 0.222. The molecule has 1 heterocycles. The number of carbonyl (C=O) groups is 2. The monoisotopic (exact) mass is 248 g/mol. The Morgan fingerprint density at radius 2 is 2.00 bits per heavy atom. The molecule has 8 heteroatoms. The highest BCUT2D eigenvalue weighted by Gasteiger charge is 2.42. The van der Waals surface area contributed by atoms with E-state index in [2.05, 4.69) is 4.98 Å². The maximum Gasteiger partial charge on any atom is 0.471 e. The van der Waals surface area contributed by atoms with Crippen LogP contribution in [0, 0.1) is 0 Å². The summed E-state index contributed by atoms with van der Waals surface area (Å²) in [4.78, 5) is 25.3. The van der Waals surface area contributed by atoms with Crippen LogP contribution in [0.4, 0.5) is 19.0 Å². The van der Waals surface area contributed by atoms with Crippen LogP contribution in [0.5, 0.6) is 0 Å². The first-order valence-electron chi connectivity index (χ1n) is 4.28. The summed E-state index contributed by atoms with van der Waals surface area (Å²) in [5, 5.41) is 8.74. The predicted molar refractivity (Wildman–Crippen MR) is 50.7 cm³/mol. The van der Waals surface area contributed by atoms with Crippen molar-refractivity contribution in [3.63, 3.8) is 0 Å². The lowest BCUT2D eigenvalue weighted by Gasteiger charge is -2.18. The zero-order chi connectivity index (χ0) is 13.2. The molecule has 0 spiro atoms. The molecule has 0 aliphatic carbocycles. The number of hydrogen-bond acceptors (Lipinski definition) is 3. The lowest BCUT2D eigenvalue weighted by atomic mass is 10.2. The maximum absolute atomic E-state index is 12.2. The fourth-order valence-electron chi connectivity index (χ4n) is 1.12. The van der Waals surface area contributed by atoms with Crippen molar-refractivity contribution in [2.45, 2.75) is 6.18 Å². The molecule has 0 aliphatic heterocycles. The third kappa shape index (κ3) is 2.71. The van der Waals surface area contributed by atoms with Gasteiger partial charge in [0.05, 0.1) is 0 Å². The van der Waals surface area contributed by atoms with Crippen LogP contribution in [-0.2, 0) is 4.79 Å². The summed E-state index contributed by atoms with van der Waals surface area (Å²) >= 11 is 0. The number of carbonyl (C=O) groups excluding carboxylic acids is 1. The molecule has 0 bridgehead atoms. The van der Waals surface area contributed by atoms with Gasteiger partial charge in [0.15, 0.2) is 0 Å². The van der Waals surface area contributed by atoms with Gasteiger partial charge in [-0.15, -0.1) is 0 Å². The Hall–Kier alpha value is -2.12. The summed E-state index contributed by atoms with van der Waals surface area (Å²) in [6.45, 7) is 0. The van der Waals surface area contributed by atoms with E-state index in [1.165, 1.54) is 6.07 Å². The topological polar surface area (TPSA) is 70.5 Å². The molecule has 0 aliphatic rings. The van der Waals surface area contributed by atoms with Crippen LogP contribution >= 0.6 is 0 Å². The number of nitrogens with zero attached hydrogens (tertiary/aromatic N) is 2. The van der Waals surface area contributed by atoms with E-state index >= 15 is 0 Å². The summed E-state index contributed by atoms with van der Waals surface area (Å²) in [5.41, 5.74) is -0.479. The van der Waals surface area contributed by atoms with Gasteiger partial charge in [0.25, 0.3) is 0 Å². The molecule has 0 aromatic carbocycles. The number of pyridine rings is 1. The second-order valence-corrected chi connectivity index (χ2v) is 3.04. The zero-order valence-electron chi connectivity index (χ0n) is 8.52. The molecule has 0 atom stereocenters. The second kappa shape index (κ2) is 4.40. The lowest BCUT2D eigenvalue weighted by molar-refractivity contribution is -0.170. The SMILES string of the molecule is CN(C(=O)C(F)(F)F)c1ncccc1C(=O)O. The van der Waals surface area contributed by atoms with Gasteiger partial charge >= 0.3 is 18.1 Å². The number of amides is 1. The number of aromatic carboxylic acids is 1. The molecule has 0 saturated heterocycles. The number of carboxylic acid groups (broad SMARTS) is 1. The number of rotatable bonds is 2. The van der Waals surface area contributed by atoms with Gasteiger partial charge in [0.2, 0.25) is 0 Å². The summed E-state index contributed by atoms with van der Waals surface area (Å²) < 4.78 is 36.5. The maximum atomic E-state index is 12.2. The van der Waals surface area contributed by atoms with Crippen molar-refractivity contribution in [3.8, 4) is 0 Å². The van der Waals surface area contributed by atoms with Crippen LogP contribution in [-0.4, -0.2) is 35.2 Å². The molecule has 92 valence electrons. The van der Waals surface area contributed by atoms with Crippen molar-refractivity contribution >= 4 is 17.7 Å². The van der Waals surface area contributed by atoms with Gasteiger partial charge in [-0.05, 0) is 12.1 Å². The van der Waals surface area contributed by atoms with Crippen molar-refractivity contribution in [1.82, 2.24) is 4.98 Å². The van der Waals surface area contributed by atoms with Crippen molar-refractivity contribution in [1.29, 1.82) is 0 Å². The number of anilines is 1. The van der Waals surface area contributed by atoms with Gasteiger partial charge in [-0.25, -0.2) is 9.78 Å². The smallest absolute Gasteiger partial charge is 0.471 e. The molecule has 17 heavy (non-hydrogen) atoms. The molecule has 1 aromatic rings. The van der Waals surface area contributed by atoms with E-state index in [1.807, 2.05) is 0 Å². The summed E-state index contributed by atoms with van der Waals surface area (Å²) in [6.07, 6.45) is -3.98. The van der Waals surface area contributed by atoms with Gasteiger partial charge in [-0.2, -0.15) is 13.2 Å². The predicted octanol–water partition coefficient (Wildman–Crippen LogP) is 1.30. The molecule has 1 rings (SSSR count). The Labute approximate surface area is 93.5 Å². The number of aromatic nitrogens is 1. The number of hydrogen-bond donors (Lipinski definition) is 1. The number of halogens is 3. The van der Waals surface area contributed by atoms with Crippen LogP contribution in [0.3, 0.4) is 0 Å². The Morgan fingerprint density at radius 3 is 2.47 bits per heavy atom. The standard InChI is InChI=1S/C9H7F3N2O3/c1-14(8(17)9(10,11)12)6-5(7(15)16)3-2-4-13-6/h2-4H,1H3,(H,15,16). The van der Waals surface area contributed by atoms with E-state index < -0.39 is 29.4 Å². The second-order valence-electron chi connectivity index (χ2n) is 3.04. The van der Waals surface area contributed by atoms with Crippen LogP contribution in [0.15, 0.2) is 18.3 Å². The Bertz CT molecular complexity index is 459. The average molecular weight is 248 g/mol. The van der Waals surface area contributed by atoms with E-state index in [4.69, 9.17) is 5.11 Å². The van der Waals surface area contributed by atoms with Crippen LogP contribution < -0.4 is 4.90 Å². The summed E-state index contributed by atoms with van der Waals surface area (Å²) in [5.74, 6) is -4.20. The molecule has 0 fully saturated rings. The van der Waals surface area contributed by atoms with Gasteiger partial charge in [-0.1, -0.05) is 0 Å². The quantitative estimate of drug-likeness (QED) is 0.856. The highest BCUT2D eigenvalue weighted by molar-refractivity contribution is 6.02. The van der Waals surface area contributed by atoms with Crippen molar-refractivity contribution in [2.24, 2.45) is 0 Å². The lowest BCUT2D eigenvalue weighted by Crippen LogP contribution is -2.39. The van der Waals surface area contributed by atoms with Crippen LogP contribution in [0.25, 0.3) is 0 Å². The fourth-order valence-corrected chi connectivity index (χ4v) is 1.12. The van der Waals surface area contributed by atoms with E-state index in [1.54, 1.807) is 0 Å². The van der Waals surface area contributed by atoms with E-state index in [9.17, 15) is 22.8 Å². The molecule has 0 unspecified atom stereocenters. The molecule has 1 aromatic heterocycles. The minimum Gasteiger partial charge on any atom is -0.478 e. The minimum atomic E-state index is -5.08. The average Bonchev–Trinajstić information content (AvgIpc) is 2.25. The van der Waals surface area contributed by atoms with Gasteiger partial charge in [0.1, 0.15) is 11.4 Å². The zero-order valence-corrected chi connectivity index (χ0v) is 8.52. The third-order valence-electron chi connectivity index (χ3n) is 1.88. The molecule has 0 radical (unpaired) electrons. The molecule has 5 nitrogen and oxygen atoms in total. The molecule has 1 amide bonds. The highest BCUT2D eigenvalue weighted by Crippen LogP contribution is 2.23. The first-order chi connectivity index (χ1) is 7.75. The Morgan fingerprint density at radius 1 is 1.41 bits per heavy atom. The van der Waals surface area contributed by atoms with E-state index in [-0.39, 0.29) is 4.90 Å². The Balaban J connectivity index is 3.17. The van der Waals surface area contributed by atoms with Gasteiger partial charge in [-0.3, -0.25) is 9.69 Å². The highest BCUT2D eigenvalue weighted by atomic mass is 19.4. The first-order valence-corrected chi connectivity index (χ1v) is 4.28.